The van der Waals surface area contributed by atoms with Crippen LogP contribution in [-0.4, -0.2) is 28.1 Å². The molecular weight excluding hydrogens is 430 g/mol. The Hall–Kier alpha value is -3.21. The van der Waals surface area contributed by atoms with Crippen LogP contribution in [0.15, 0.2) is 17.1 Å². The number of alkyl carbamates (subject to hydrolysis) is 1. The van der Waals surface area contributed by atoms with Crippen LogP contribution >= 0.6 is 0 Å². The molecule has 1 saturated carbocycles. The lowest BCUT2D eigenvalue weighted by Gasteiger charge is -2.28. The number of halogens is 2. The Morgan fingerprint density at radius 2 is 1.79 bits per heavy atom. The lowest BCUT2D eigenvalue weighted by atomic mass is 9.86. The number of nitrogens with zero attached hydrogens (tertiary/aromatic N) is 1. The van der Waals surface area contributed by atoms with Crippen LogP contribution in [0.25, 0.3) is 10.9 Å². The summed E-state index contributed by atoms with van der Waals surface area (Å²) in [5, 5.41) is 2.63. The molecule has 33 heavy (non-hydrogen) atoms. The van der Waals surface area contributed by atoms with Gasteiger partial charge in [-0.2, -0.15) is 0 Å². The molecule has 0 bridgehead atoms. The van der Waals surface area contributed by atoms with Gasteiger partial charge in [-0.1, -0.05) is 11.8 Å². The van der Waals surface area contributed by atoms with E-state index in [2.05, 4.69) is 17.2 Å². The molecule has 1 N–H and O–H groups in total. The van der Waals surface area contributed by atoms with Crippen molar-refractivity contribution < 1.29 is 23.1 Å². The molecule has 1 aliphatic carbocycles. The van der Waals surface area contributed by atoms with Gasteiger partial charge in [0.15, 0.2) is 11.6 Å². The minimum Gasteiger partial charge on any atom is -0.444 e. The van der Waals surface area contributed by atoms with Gasteiger partial charge in [-0.05, 0) is 53.4 Å². The van der Waals surface area contributed by atoms with E-state index in [1.165, 1.54) is 24.7 Å². The Morgan fingerprint density at radius 1 is 1.15 bits per heavy atom. The third kappa shape index (κ3) is 5.59. The number of aromatic nitrogens is 1. The molecule has 1 aromatic carbocycles. The molecule has 0 atom stereocenters. The average Bonchev–Trinajstić information content (AvgIpc) is 2.69. The molecule has 0 unspecified atom stereocenters. The molecule has 6 nitrogen and oxygen atoms in total. The van der Waals surface area contributed by atoms with Crippen molar-refractivity contribution >= 4 is 22.8 Å². The molecule has 0 spiro atoms. The van der Waals surface area contributed by atoms with E-state index in [9.17, 15) is 23.2 Å². The van der Waals surface area contributed by atoms with Gasteiger partial charge in [0.1, 0.15) is 11.4 Å². The maximum absolute atomic E-state index is 14.7. The number of benzene rings is 1. The maximum atomic E-state index is 14.7. The van der Waals surface area contributed by atoms with Crippen molar-refractivity contribution in [3.63, 3.8) is 0 Å². The highest BCUT2D eigenvalue weighted by Gasteiger charge is 2.24. The maximum Gasteiger partial charge on any atom is 0.407 e. The van der Waals surface area contributed by atoms with Gasteiger partial charge in [0.05, 0.1) is 22.0 Å². The summed E-state index contributed by atoms with van der Waals surface area (Å²) in [5.41, 5.74) is -1.76. The van der Waals surface area contributed by atoms with E-state index < -0.39 is 34.5 Å². The Morgan fingerprint density at radius 3 is 2.36 bits per heavy atom. The summed E-state index contributed by atoms with van der Waals surface area (Å²) >= 11 is 0. The van der Waals surface area contributed by atoms with Crippen molar-refractivity contribution in [2.45, 2.75) is 65.0 Å². The van der Waals surface area contributed by atoms with Gasteiger partial charge in [-0.3, -0.25) is 9.59 Å². The predicted octanol–water partition coefficient (Wildman–Crippen LogP) is 4.45. The molecule has 1 aliphatic rings. The van der Waals surface area contributed by atoms with Crippen LogP contribution in [0.2, 0.25) is 0 Å². The van der Waals surface area contributed by atoms with E-state index in [1.807, 2.05) is 0 Å². The zero-order valence-electron chi connectivity index (χ0n) is 19.5. The Balaban J connectivity index is 1.85. The third-order valence-electron chi connectivity index (χ3n) is 5.58. The fourth-order valence-electron chi connectivity index (χ4n) is 4.03. The summed E-state index contributed by atoms with van der Waals surface area (Å²) in [5.74, 6) is 3.36. The number of fused-ring (bicyclic) bond motifs is 1. The van der Waals surface area contributed by atoms with E-state index in [0.717, 1.165) is 0 Å². The predicted molar refractivity (Wildman–Crippen MR) is 121 cm³/mol. The largest absolute Gasteiger partial charge is 0.444 e. The highest BCUT2D eigenvalue weighted by atomic mass is 19.1. The van der Waals surface area contributed by atoms with Gasteiger partial charge in [-0.25, -0.2) is 13.6 Å². The van der Waals surface area contributed by atoms with Crippen LogP contribution in [0.3, 0.4) is 0 Å². The van der Waals surface area contributed by atoms with Crippen LogP contribution in [0, 0.1) is 29.4 Å². The molecule has 0 radical (unpaired) electrons. The van der Waals surface area contributed by atoms with Crippen molar-refractivity contribution in [2.24, 2.45) is 13.0 Å². The van der Waals surface area contributed by atoms with E-state index in [1.54, 1.807) is 20.8 Å². The van der Waals surface area contributed by atoms with Gasteiger partial charge in [0, 0.05) is 31.3 Å². The quantitative estimate of drug-likeness (QED) is 0.533. The number of rotatable bonds is 2. The summed E-state index contributed by atoms with van der Waals surface area (Å²) in [7, 11) is 1.49. The van der Waals surface area contributed by atoms with Gasteiger partial charge in [0.2, 0.25) is 5.43 Å². The van der Waals surface area contributed by atoms with Gasteiger partial charge >= 0.3 is 6.09 Å². The monoisotopic (exact) mass is 458 g/mol. The van der Waals surface area contributed by atoms with Gasteiger partial charge < -0.3 is 14.6 Å². The van der Waals surface area contributed by atoms with E-state index in [4.69, 9.17) is 4.74 Å². The highest BCUT2D eigenvalue weighted by molar-refractivity contribution is 5.98. The molecule has 176 valence electrons. The van der Waals surface area contributed by atoms with Gasteiger partial charge in [0.25, 0.3) is 0 Å². The molecule has 1 heterocycles. The Bertz CT molecular complexity index is 1220. The first-order valence-electron chi connectivity index (χ1n) is 10.9. The summed E-state index contributed by atoms with van der Waals surface area (Å²) in [4.78, 5) is 36.7. The molecule has 1 fully saturated rings. The summed E-state index contributed by atoms with van der Waals surface area (Å²) in [6, 6.07) is 0.674. The first-order chi connectivity index (χ1) is 15.4. The number of aryl methyl sites for hydroxylation is 1. The van der Waals surface area contributed by atoms with Crippen LogP contribution in [0.5, 0.6) is 0 Å². The lowest BCUT2D eigenvalue weighted by Crippen LogP contribution is -2.40. The second kappa shape index (κ2) is 9.34. The van der Waals surface area contributed by atoms with Crippen LogP contribution in [0.1, 0.15) is 69.3 Å². The summed E-state index contributed by atoms with van der Waals surface area (Å²) in [6.45, 7) is 6.62. The number of nitrogens with one attached hydrogen (secondary N) is 1. The first kappa shape index (κ1) is 24.4. The Labute approximate surface area is 191 Å². The third-order valence-corrected chi connectivity index (χ3v) is 5.58. The fraction of sp³-hybridized carbons (Fsp3) is 0.480. The first-order valence-corrected chi connectivity index (χ1v) is 10.9. The van der Waals surface area contributed by atoms with Gasteiger partial charge in [-0.15, -0.1) is 0 Å². The zero-order chi connectivity index (χ0) is 24.5. The van der Waals surface area contributed by atoms with Crippen molar-refractivity contribution in [1.82, 2.24) is 9.88 Å². The lowest BCUT2D eigenvalue weighted by molar-refractivity contribution is 0.0490. The van der Waals surface area contributed by atoms with Crippen molar-refractivity contribution in [3.05, 3.63) is 45.2 Å². The SMILES string of the molecule is CC(=O)c1cn(C)c2c(F)cc(F)c(C#CC3CCC(NC(=O)OC(C)(C)C)CC3)c2c1=O. The minimum atomic E-state index is -0.939. The second-order valence-corrected chi connectivity index (χ2v) is 9.44. The number of ketones is 1. The standard InChI is InChI=1S/C25H28F2N2O4/c1-14(30)18-13-29(5)22-20(27)12-19(26)17(21(22)23(18)31)11-8-15-6-9-16(10-7-15)28-24(32)33-25(2,3)4/h12-13,15-16H,6-7,9-10H2,1-5H3,(H,28,32). The molecule has 1 aromatic heterocycles. The number of pyridine rings is 1. The molecule has 8 heteroatoms. The Kier molecular flexibility index (Phi) is 6.92. The van der Waals surface area contributed by atoms with Crippen LogP contribution < -0.4 is 10.7 Å². The number of Topliss-reactive ketones (excluding diaryl/α,β-unsaturated/α-hetero) is 1. The van der Waals surface area contributed by atoms with E-state index >= 15 is 0 Å². The number of amides is 1. The molecule has 3 rings (SSSR count). The topological polar surface area (TPSA) is 77.4 Å². The minimum absolute atomic E-state index is 0.0355. The molecular formula is C25H28F2N2O4. The average molecular weight is 459 g/mol. The zero-order valence-corrected chi connectivity index (χ0v) is 19.5. The highest BCUT2D eigenvalue weighted by Crippen LogP contribution is 2.26. The molecule has 0 aliphatic heterocycles. The second-order valence-electron chi connectivity index (χ2n) is 9.44. The smallest absolute Gasteiger partial charge is 0.407 e. The number of hydrogen-bond donors (Lipinski definition) is 1. The molecule has 0 saturated heterocycles. The van der Waals surface area contributed by atoms with Crippen LogP contribution in [-0.2, 0) is 11.8 Å². The van der Waals surface area contributed by atoms with Crippen molar-refractivity contribution in [3.8, 4) is 11.8 Å². The number of hydrogen-bond acceptors (Lipinski definition) is 4. The van der Waals surface area contributed by atoms with Crippen LogP contribution in [0.4, 0.5) is 13.6 Å². The van der Waals surface area contributed by atoms with E-state index in [-0.39, 0.29) is 34.0 Å². The number of ether oxygens (including phenoxy) is 1. The van der Waals surface area contributed by atoms with Crippen molar-refractivity contribution in [2.75, 3.05) is 0 Å². The molecule has 1 amide bonds. The summed E-state index contributed by atoms with van der Waals surface area (Å²) < 4.78 is 35.7. The van der Waals surface area contributed by atoms with Crippen molar-refractivity contribution in [1.29, 1.82) is 0 Å². The number of carbonyl (C=O) groups is 2. The normalized spacial score (nSPS) is 18.4. The van der Waals surface area contributed by atoms with E-state index in [0.29, 0.717) is 31.7 Å². The molecule has 2 aromatic rings. The fourth-order valence-corrected chi connectivity index (χ4v) is 4.03. The number of carbonyl (C=O) groups excluding carboxylic acids is 2. The summed E-state index contributed by atoms with van der Waals surface area (Å²) in [6.07, 6.45) is 3.50.